The molecular weight excluding hydrogens is 270 g/mol. The average Bonchev–Trinajstić information content (AvgIpc) is 2.14. The van der Waals surface area contributed by atoms with Crippen LogP contribution in [-0.4, -0.2) is 4.98 Å². The maximum absolute atomic E-state index is 13.2. The zero-order valence-corrected chi connectivity index (χ0v) is 9.23. The second-order valence-electron chi connectivity index (χ2n) is 2.78. The van der Waals surface area contributed by atoms with Crippen molar-refractivity contribution in [1.82, 2.24) is 4.98 Å². The van der Waals surface area contributed by atoms with Crippen molar-refractivity contribution in [2.24, 2.45) is 0 Å². The fourth-order valence-electron chi connectivity index (χ4n) is 1.28. The van der Waals surface area contributed by atoms with E-state index in [4.69, 9.17) is 17.3 Å². The Bertz CT molecular complexity index is 516. The molecule has 0 unspecified atom stereocenters. The minimum atomic E-state index is -0.466. The van der Waals surface area contributed by atoms with Crippen molar-refractivity contribution in [2.75, 3.05) is 5.73 Å². The molecule has 0 saturated heterocycles. The van der Waals surface area contributed by atoms with E-state index in [0.717, 1.165) is 0 Å². The number of halogens is 3. The van der Waals surface area contributed by atoms with Crippen LogP contribution in [0.3, 0.4) is 0 Å². The summed E-state index contributed by atoms with van der Waals surface area (Å²) in [5.41, 5.74) is 5.66. The summed E-state index contributed by atoms with van der Waals surface area (Å²) in [5, 5.41) is 1.51. The Labute approximate surface area is 93.0 Å². The number of nitrogen functional groups attached to an aromatic ring is 1. The van der Waals surface area contributed by atoms with Crippen molar-refractivity contribution in [3.05, 3.63) is 33.8 Å². The molecular formula is C9H5BrClFN2. The molecule has 0 atom stereocenters. The van der Waals surface area contributed by atoms with Gasteiger partial charge in [-0.2, -0.15) is 0 Å². The third kappa shape index (κ3) is 1.35. The molecule has 72 valence electrons. The Balaban J connectivity index is 3.02. The van der Waals surface area contributed by atoms with Crippen LogP contribution in [0.2, 0.25) is 5.15 Å². The van der Waals surface area contributed by atoms with Gasteiger partial charge in [-0.15, -0.1) is 0 Å². The zero-order chi connectivity index (χ0) is 10.3. The van der Waals surface area contributed by atoms with Crippen molar-refractivity contribution in [3.8, 4) is 0 Å². The third-order valence-electron chi connectivity index (χ3n) is 1.94. The third-order valence-corrected chi connectivity index (χ3v) is 2.86. The van der Waals surface area contributed by atoms with E-state index in [0.29, 0.717) is 20.4 Å². The van der Waals surface area contributed by atoms with Crippen LogP contribution in [0.4, 0.5) is 10.1 Å². The van der Waals surface area contributed by atoms with Gasteiger partial charge in [0.15, 0.2) is 0 Å². The molecule has 1 heterocycles. The molecule has 1 aromatic heterocycles. The summed E-state index contributed by atoms with van der Waals surface area (Å²) in [6.07, 6.45) is 1.49. The summed E-state index contributed by atoms with van der Waals surface area (Å²) in [7, 11) is 0. The van der Waals surface area contributed by atoms with Crippen LogP contribution in [0, 0.1) is 5.82 Å². The van der Waals surface area contributed by atoms with Crippen molar-refractivity contribution in [3.63, 3.8) is 0 Å². The second kappa shape index (κ2) is 3.37. The molecule has 0 spiro atoms. The lowest BCUT2D eigenvalue weighted by atomic mass is 10.1. The number of aromatic nitrogens is 1. The van der Waals surface area contributed by atoms with E-state index in [9.17, 15) is 4.39 Å². The molecule has 0 aliphatic carbocycles. The molecule has 2 nitrogen and oxygen atoms in total. The van der Waals surface area contributed by atoms with Crippen LogP contribution >= 0.6 is 27.5 Å². The molecule has 0 fully saturated rings. The highest BCUT2D eigenvalue weighted by Crippen LogP contribution is 2.34. The molecule has 14 heavy (non-hydrogen) atoms. The predicted octanol–water partition coefficient (Wildman–Crippen LogP) is 3.37. The lowest BCUT2D eigenvalue weighted by Crippen LogP contribution is -1.94. The number of hydrogen-bond acceptors (Lipinski definition) is 2. The number of fused-ring (bicyclic) bond motifs is 1. The Morgan fingerprint density at radius 2 is 2.21 bits per heavy atom. The quantitative estimate of drug-likeness (QED) is 0.591. The summed E-state index contributed by atoms with van der Waals surface area (Å²) in [6.45, 7) is 0. The van der Waals surface area contributed by atoms with Crippen LogP contribution in [0.15, 0.2) is 22.8 Å². The first kappa shape index (κ1) is 9.68. The van der Waals surface area contributed by atoms with Crippen LogP contribution in [-0.2, 0) is 0 Å². The Morgan fingerprint density at radius 1 is 1.50 bits per heavy atom. The standard InChI is InChI=1S/C9H5BrClFN2/c10-5-3-6(12)8(13)4-1-2-14-9(11)7(4)5/h1-3H,13H2. The van der Waals surface area contributed by atoms with E-state index in [1.54, 1.807) is 6.07 Å². The maximum Gasteiger partial charge on any atom is 0.147 e. The second-order valence-corrected chi connectivity index (χ2v) is 3.99. The zero-order valence-electron chi connectivity index (χ0n) is 6.89. The fraction of sp³-hybridized carbons (Fsp3) is 0. The molecule has 0 amide bonds. The molecule has 2 aromatic rings. The number of nitrogens with zero attached hydrogens (tertiary/aromatic N) is 1. The van der Waals surface area contributed by atoms with Gasteiger partial charge in [-0.25, -0.2) is 9.37 Å². The lowest BCUT2D eigenvalue weighted by Gasteiger charge is -2.06. The minimum absolute atomic E-state index is 0.0903. The SMILES string of the molecule is Nc1c(F)cc(Br)c2c(Cl)nccc12. The first-order valence-electron chi connectivity index (χ1n) is 3.79. The summed E-state index contributed by atoms with van der Waals surface area (Å²) in [5.74, 6) is -0.466. The number of pyridine rings is 1. The number of rotatable bonds is 0. The molecule has 2 N–H and O–H groups in total. The van der Waals surface area contributed by atoms with Gasteiger partial charge in [0.2, 0.25) is 0 Å². The molecule has 0 aliphatic rings. The molecule has 0 radical (unpaired) electrons. The average molecular weight is 276 g/mol. The van der Waals surface area contributed by atoms with E-state index in [2.05, 4.69) is 20.9 Å². The molecule has 0 saturated carbocycles. The maximum atomic E-state index is 13.2. The van der Waals surface area contributed by atoms with Crippen LogP contribution in [0.5, 0.6) is 0 Å². The Morgan fingerprint density at radius 3 is 2.93 bits per heavy atom. The van der Waals surface area contributed by atoms with Crippen LogP contribution in [0.25, 0.3) is 10.8 Å². The van der Waals surface area contributed by atoms with E-state index < -0.39 is 5.82 Å². The summed E-state index contributed by atoms with van der Waals surface area (Å²) in [4.78, 5) is 3.90. The van der Waals surface area contributed by atoms with Gasteiger partial charge in [-0.3, -0.25) is 0 Å². The number of hydrogen-bond donors (Lipinski definition) is 1. The normalized spacial score (nSPS) is 10.8. The molecule has 1 aromatic carbocycles. The van der Waals surface area contributed by atoms with E-state index >= 15 is 0 Å². The number of anilines is 1. The van der Waals surface area contributed by atoms with Gasteiger partial charge < -0.3 is 5.73 Å². The number of nitrogens with two attached hydrogens (primary N) is 1. The van der Waals surface area contributed by atoms with E-state index in [1.807, 2.05) is 0 Å². The Hall–Kier alpha value is -0.870. The highest BCUT2D eigenvalue weighted by Gasteiger charge is 2.11. The molecule has 0 bridgehead atoms. The van der Waals surface area contributed by atoms with Gasteiger partial charge in [0.25, 0.3) is 0 Å². The van der Waals surface area contributed by atoms with Gasteiger partial charge in [0, 0.05) is 21.4 Å². The van der Waals surface area contributed by atoms with Gasteiger partial charge in [-0.05, 0) is 28.1 Å². The smallest absolute Gasteiger partial charge is 0.147 e. The molecule has 5 heteroatoms. The van der Waals surface area contributed by atoms with E-state index in [1.165, 1.54) is 12.3 Å². The van der Waals surface area contributed by atoms with Crippen molar-refractivity contribution >= 4 is 44.0 Å². The minimum Gasteiger partial charge on any atom is -0.396 e. The largest absolute Gasteiger partial charge is 0.396 e. The van der Waals surface area contributed by atoms with Crippen LogP contribution in [0.1, 0.15) is 0 Å². The fourth-order valence-corrected chi connectivity index (χ4v) is 2.25. The first-order valence-corrected chi connectivity index (χ1v) is 4.96. The summed E-state index contributed by atoms with van der Waals surface area (Å²) >= 11 is 9.08. The Kier molecular flexibility index (Phi) is 2.33. The highest BCUT2D eigenvalue weighted by molar-refractivity contribution is 9.10. The summed E-state index contributed by atoms with van der Waals surface area (Å²) in [6, 6.07) is 2.91. The van der Waals surface area contributed by atoms with Gasteiger partial charge in [0.05, 0.1) is 5.69 Å². The van der Waals surface area contributed by atoms with Crippen molar-refractivity contribution < 1.29 is 4.39 Å². The van der Waals surface area contributed by atoms with Crippen molar-refractivity contribution in [2.45, 2.75) is 0 Å². The number of benzene rings is 1. The first-order chi connectivity index (χ1) is 6.61. The predicted molar refractivity (Wildman–Crippen MR) is 58.8 cm³/mol. The lowest BCUT2D eigenvalue weighted by molar-refractivity contribution is 0.633. The molecule has 0 aliphatic heterocycles. The van der Waals surface area contributed by atoms with Gasteiger partial charge in [-0.1, -0.05) is 11.6 Å². The highest BCUT2D eigenvalue weighted by atomic mass is 79.9. The van der Waals surface area contributed by atoms with Gasteiger partial charge >= 0.3 is 0 Å². The topological polar surface area (TPSA) is 38.9 Å². The molecule has 2 rings (SSSR count). The van der Waals surface area contributed by atoms with Gasteiger partial charge in [0.1, 0.15) is 11.0 Å². The monoisotopic (exact) mass is 274 g/mol. The van der Waals surface area contributed by atoms with E-state index in [-0.39, 0.29) is 5.69 Å². The summed E-state index contributed by atoms with van der Waals surface area (Å²) < 4.78 is 13.8. The van der Waals surface area contributed by atoms with Crippen LogP contribution < -0.4 is 5.73 Å². The van der Waals surface area contributed by atoms with Crippen molar-refractivity contribution in [1.29, 1.82) is 0 Å².